The zero-order valence-electron chi connectivity index (χ0n) is 15.9. The lowest BCUT2D eigenvalue weighted by molar-refractivity contribution is -0.128. The van der Waals surface area contributed by atoms with Gasteiger partial charge >= 0.3 is 0 Å². The molecule has 4 heterocycles. The van der Waals surface area contributed by atoms with E-state index in [0.29, 0.717) is 5.02 Å². The van der Waals surface area contributed by atoms with Crippen LogP contribution in [-0.4, -0.2) is 38.9 Å². The lowest BCUT2D eigenvalue weighted by Gasteiger charge is -2.39. The minimum atomic E-state index is -3.05. The van der Waals surface area contributed by atoms with Crippen molar-refractivity contribution < 1.29 is 13.2 Å². The summed E-state index contributed by atoms with van der Waals surface area (Å²) < 4.78 is 24.0. The van der Waals surface area contributed by atoms with Crippen LogP contribution >= 0.6 is 11.6 Å². The molecule has 0 atom stereocenters. The van der Waals surface area contributed by atoms with Gasteiger partial charge in [0, 0.05) is 37.6 Å². The summed E-state index contributed by atoms with van der Waals surface area (Å²) in [5.74, 6) is 0.374. The van der Waals surface area contributed by atoms with E-state index in [4.69, 9.17) is 11.6 Å². The quantitative estimate of drug-likeness (QED) is 0.790. The van der Waals surface area contributed by atoms with Crippen molar-refractivity contribution in [2.75, 3.05) is 24.5 Å². The Morgan fingerprint density at radius 3 is 2.55 bits per heavy atom. The molecule has 0 bridgehead atoms. The number of halogens is 1. The zero-order chi connectivity index (χ0) is 20.2. The number of benzene rings is 1. The van der Waals surface area contributed by atoms with Crippen molar-refractivity contribution in [2.45, 2.75) is 30.8 Å². The van der Waals surface area contributed by atoms with Crippen LogP contribution in [-0.2, 0) is 26.1 Å². The number of nitrogens with one attached hydrogen (secondary N) is 1. The highest BCUT2D eigenvalue weighted by molar-refractivity contribution is 7.90. The molecule has 2 fully saturated rings. The topological polar surface area (TPSA) is 79.4 Å². The second-order valence-electron chi connectivity index (χ2n) is 8.31. The summed E-state index contributed by atoms with van der Waals surface area (Å²) in [5, 5.41) is 3.54. The van der Waals surface area contributed by atoms with Crippen molar-refractivity contribution >= 4 is 33.0 Å². The highest BCUT2D eigenvalue weighted by Crippen LogP contribution is 2.43. The first kappa shape index (κ1) is 18.9. The zero-order valence-corrected chi connectivity index (χ0v) is 17.5. The third-order valence-corrected chi connectivity index (χ3v) is 8.33. The Hall–Kier alpha value is -2.12. The lowest BCUT2D eigenvalue weighted by Crippen LogP contribution is -2.44. The Kier molecular flexibility index (Phi) is 4.37. The Morgan fingerprint density at radius 2 is 1.83 bits per heavy atom. The van der Waals surface area contributed by atoms with Crippen LogP contribution in [0, 0.1) is 5.41 Å². The number of hydrogen-bond acceptors (Lipinski definition) is 5. The lowest BCUT2D eigenvalue weighted by atomic mass is 9.77. The number of aromatic nitrogens is 1. The van der Waals surface area contributed by atoms with E-state index in [0.717, 1.165) is 66.8 Å². The molecule has 6 nitrogen and oxygen atoms in total. The van der Waals surface area contributed by atoms with E-state index in [1.807, 2.05) is 18.2 Å². The summed E-state index contributed by atoms with van der Waals surface area (Å²) in [6.07, 6.45) is 5.94. The van der Waals surface area contributed by atoms with Gasteiger partial charge in [0.05, 0.1) is 27.6 Å². The van der Waals surface area contributed by atoms with Crippen molar-refractivity contribution in [3.8, 4) is 11.1 Å². The minimum absolute atomic E-state index is 0.0842. The first-order valence-electron chi connectivity index (χ1n) is 9.86. The molecule has 1 aromatic heterocycles. The molecular formula is C21H22ClN3O3S. The molecule has 8 heteroatoms. The van der Waals surface area contributed by atoms with Gasteiger partial charge in [0.25, 0.3) is 0 Å². The van der Waals surface area contributed by atoms with E-state index in [1.165, 1.54) is 0 Å². The summed E-state index contributed by atoms with van der Waals surface area (Å²) in [5.41, 5.74) is 4.22. The number of sulfone groups is 1. The molecule has 5 rings (SSSR count). The Balaban J connectivity index is 1.48. The normalized spacial score (nSPS) is 22.0. The molecule has 2 saturated heterocycles. The number of piperidine rings is 1. The number of amides is 1. The van der Waals surface area contributed by atoms with E-state index < -0.39 is 9.84 Å². The molecule has 3 aliphatic rings. The molecule has 1 amide bonds. The van der Waals surface area contributed by atoms with Gasteiger partial charge in [0.1, 0.15) is 0 Å². The van der Waals surface area contributed by atoms with Gasteiger partial charge in [-0.25, -0.2) is 8.42 Å². The van der Waals surface area contributed by atoms with Crippen LogP contribution in [0.1, 0.15) is 30.4 Å². The molecule has 3 aliphatic heterocycles. The van der Waals surface area contributed by atoms with Gasteiger partial charge in [-0.1, -0.05) is 23.7 Å². The maximum absolute atomic E-state index is 12.3. The van der Waals surface area contributed by atoms with Gasteiger partial charge in [0.15, 0.2) is 9.84 Å². The monoisotopic (exact) mass is 431 g/mol. The summed E-state index contributed by atoms with van der Waals surface area (Å²) in [4.78, 5) is 18.8. The van der Waals surface area contributed by atoms with Crippen LogP contribution in [0.5, 0.6) is 0 Å². The smallest absolute Gasteiger partial charge is 0.226 e. The molecule has 152 valence electrons. The van der Waals surface area contributed by atoms with Crippen molar-refractivity contribution in [1.29, 1.82) is 0 Å². The van der Waals surface area contributed by atoms with Crippen LogP contribution in [0.4, 0.5) is 5.69 Å². The number of pyridine rings is 1. The third-order valence-electron chi connectivity index (χ3n) is 6.55. The van der Waals surface area contributed by atoms with Crippen molar-refractivity contribution in [1.82, 2.24) is 10.3 Å². The fraction of sp³-hybridized carbons (Fsp3) is 0.429. The maximum atomic E-state index is 12.3. The van der Waals surface area contributed by atoms with E-state index >= 15 is 0 Å². The van der Waals surface area contributed by atoms with Gasteiger partial charge < -0.3 is 10.2 Å². The average Bonchev–Trinajstić information content (AvgIpc) is 3.19. The third kappa shape index (κ3) is 3.20. The molecule has 0 unspecified atom stereocenters. The van der Waals surface area contributed by atoms with Gasteiger partial charge in [-0.2, -0.15) is 0 Å². The highest BCUT2D eigenvalue weighted by atomic mass is 35.5. The van der Waals surface area contributed by atoms with Crippen molar-refractivity contribution in [3.05, 3.63) is 46.7 Å². The van der Waals surface area contributed by atoms with E-state index in [2.05, 4.69) is 15.2 Å². The number of carbonyl (C=O) groups is 1. The molecule has 2 aromatic rings. The van der Waals surface area contributed by atoms with Gasteiger partial charge in [-0.05, 0) is 42.0 Å². The van der Waals surface area contributed by atoms with E-state index in [-0.39, 0.29) is 22.8 Å². The van der Waals surface area contributed by atoms with Gasteiger partial charge in [-0.15, -0.1) is 0 Å². The highest BCUT2D eigenvalue weighted by Gasteiger charge is 2.44. The van der Waals surface area contributed by atoms with Gasteiger partial charge in [0.2, 0.25) is 5.91 Å². The Bertz CT molecular complexity index is 1110. The minimum Gasteiger partial charge on any atom is -0.370 e. The first-order valence-corrected chi connectivity index (χ1v) is 12.1. The number of nitrogens with zero attached hydrogens (tertiary/aromatic N) is 2. The molecule has 29 heavy (non-hydrogen) atoms. The Morgan fingerprint density at radius 1 is 1.07 bits per heavy atom. The second kappa shape index (κ2) is 6.71. The maximum Gasteiger partial charge on any atom is 0.226 e. The number of rotatable bonds is 2. The molecule has 1 N–H and O–H groups in total. The first-order chi connectivity index (χ1) is 13.9. The molecule has 1 spiro atoms. The standard InChI is InChI=1S/C21H22ClN3O3S/c22-18-11-23-10-17(14-1-2-15-12-29(27,28)13-16(15)9-14)19(18)25-7-4-21(5-8-25)3-6-24-20(21)26/h1-2,9-11H,3-8,12-13H2,(H,24,26). The second-order valence-corrected chi connectivity index (χ2v) is 10.8. The number of carbonyl (C=O) groups excluding carboxylic acids is 1. The molecule has 0 aliphatic carbocycles. The summed E-state index contributed by atoms with van der Waals surface area (Å²) in [7, 11) is -3.05. The molecule has 0 radical (unpaired) electrons. The Labute approximate surface area is 175 Å². The summed E-state index contributed by atoms with van der Waals surface area (Å²) >= 11 is 6.58. The summed E-state index contributed by atoms with van der Waals surface area (Å²) in [6.45, 7) is 2.27. The van der Waals surface area contributed by atoms with E-state index in [1.54, 1.807) is 12.4 Å². The van der Waals surface area contributed by atoms with Crippen molar-refractivity contribution in [3.63, 3.8) is 0 Å². The molecule has 0 saturated carbocycles. The van der Waals surface area contributed by atoms with Crippen LogP contribution in [0.2, 0.25) is 5.02 Å². The predicted molar refractivity (Wildman–Crippen MR) is 113 cm³/mol. The molecule has 1 aromatic carbocycles. The SMILES string of the molecule is O=C1NCCC12CCN(c1c(Cl)cncc1-c1ccc3c(c1)CS(=O)(=O)C3)CC2. The number of fused-ring (bicyclic) bond motifs is 1. The summed E-state index contributed by atoms with van der Waals surface area (Å²) in [6, 6.07) is 5.80. The largest absolute Gasteiger partial charge is 0.370 e. The van der Waals surface area contributed by atoms with Crippen LogP contribution < -0.4 is 10.2 Å². The van der Waals surface area contributed by atoms with Gasteiger partial charge in [-0.3, -0.25) is 9.78 Å². The van der Waals surface area contributed by atoms with Crippen LogP contribution in [0.25, 0.3) is 11.1 Å². The number of hydrogen-bond donors (Lipinski definition) is 1. The number of anilines is 1. The van der Waals surface area contributed by atoms with Crippen molar-refractivity contribution in [2.24, 2.45) is 5.41 Å². The fourth-order valence-corrected chi connectivity index (χ4v) is 6.78. The van der Waals surface area contributed by atoms with Crippen LogP contribution in [0.3, 0.4) is 0 Å². The molecular weight excluding hydrogens is 410 g/mol. The van der Waals surface area contributed by atoms with Crippen LogP contribution in [0.15, 0.2) is 30.6 Å². The average molecular weight is 432 g/mol. The van der Waals surface area contributed by atoms with E-state index in [9.17, 15) is 13.2 Å². The fourth-order valence-electron chi connectivity index (χ4n) is 4.91. The predicted octanol–water partition coefficient (Wildman–Crippen LogP) is 2.94.